The van der Waals surface area contributed by atoms with Gasteiger partial charge in [-0.05, 0) is 37.9 Å². The summed E-state index contributed by atoms with van der Waals surface area (Å²) >= 11 is 1.73. The maximum Gasteiger partial charge on any atom is 0.134 e. The third-order valence-corrected chi connectivity index (χ3v) is 4.52. The molecule has 2 aromatic rings. The molecule has 0 fully saturated rings. The summed E-state index contributed by atoms with van der Waals surface area (Å²) in [5, 5.41) is 14.4. The number of nitrogens with one attached hydrogen (secondary N) is 1. The fourth-order valence-corrected chi connectivity index (χ4v) is 3.31. The molecule has 0 saturated carbocycles. The molecule has 1 aromatic carbocycles. The fourth-order valence-electron chi connectivity index (χ4n) is 2.29. The maximum atomic E-state index is 4.36. The summed E-state index contributed by atoms with van der Waals surface area (Å²) in [5.74, 6) is 0. The molecule has 0 bridgehead atoms. The summed E-state index contributed by atoms with van der Waals surface area (Å²) in [7, 11) is 0. The number of hydrogen-bond acceptors (Lipinski definition) is 4. The van der Waals surface area contributed by atoms with Crippen LogP contribution in [0.2, 0.25) is 0 Å². The molecule has 0 aliphatic heterocycles. The van der Waals surface area contributed by atoms with Crippen molar-refractivity contribution in [2.45, 2.75) is 46.6 Å². The van der Waals surface area contributed by atoms with Crippen LogP contribution in [0.15, 0.2) is 18.2 Å². The van der Waals surface area contributed by atoms with Crippen LogP contribution in [0.25, 0.3) is 0 Å². The van der Waals surface area contributed by atoms with E-state index in [0.29, 0.717) is 6.04 Å². The van der Waals surface area contributed by atoms with Gasteiger partial charge in [-0.2, -0.15) is 0 Å². The van der Waals surface area contributed by atoms with Gasteiger partial charge in [0.05, 0.1) is 6.04 Å². The monoisotopic (exact) mass is 289 g/mol. The van der Waals surface area contributed by atoms with Crippen LogP contribution in [0.4, 0.5) is 0 Å². The van der Waals surface area contributed by atoms with Crippen molar-refractivity contribution in [3.05, 3.63) is 44.9 Å². The van der Waals surface area contributed by atoms with Gasteiger partial charge in [0, 0.05) is 6.42 Å². The molecule has 1 atom stereocenters. The molecule has 2 rings (SSSR count). The molecule has 1 heterocycles. The van der Waals surface area contributed by atoms with Gasteiger partial charge < -0.3 is 5.32 Å². The molecule has 20 heavy (non-hydrogen) atoms. The topological polar surface area (TPSA) is 37.8 Å². The molecule has 0 aliphatic rings. The van der Waals surface area contributed by atoms with Gasteiger partial charge in [0.1, 0.15) is 10.0 Å². The Labute approximate surface area is 125 Å². The van der Waals surface area contributed by atoms with Crippen LogP contribution in [0, 0.1) is 13.8 Å². The Bertz CT molecular complexity index is 563. The van der Waals surface area contributed by atoms with Crippen LogP contribution in [-0.4, -0.2) is 16.7 Å². The van der Waals surface area contributed by atoms with Gasteiger partial charge in [-0.15, -0.1) is 10.2 Å². The Morgan fingerprint density at radius 2 is 2.00 bits per heavy atom. The van der Waals surface area contributed by atoms with E-state index in [1.54, 1.807) is 11.3 Å². The normalized spacial score (nSPS) is 12.6. The lowest BCUT2D eigenvalue weighted by Gasteiger charge is -2.11. The van der Waals surface area contributed by atoms with E-state index < -0.39 is 0 Å². The highest BCUT2D eigenvalue weighted by molar-refractivity contribution is 7.11. The number of aromatic nitrogens is 2. The molecule has 0 amide bonds. The van der Waals surface area contributed by atoms with Crippen molar-refractivity contribution >= 4 is 11.3 Å². The summed E-state index contributed by atoms with van der Waals surface area (Å²) in [5.41, 5.74) is 3.98. The Hall–Kier alpha value is -1.26. The van der Waals surface area contributed by atoms with Crippen LogP contribution in [-0.2, 0) is 6.42 Å². The second-order valence-corrected chi connectivity index (χ2v) is 6.25. The molecule has 3 nitrogen and oxygen atoms in total. The predicted molar refractivity (Wildman–Crippen MR) is 85.3 cm³/mol. The van der Waals surface area contributed by atoms with Crippen LogP contribution < -0.4 is 5.32 Å². The molecule has 1 unspecified atom stereocenters. The van der Waals surface area contributed by atoms with E-state index in [4.69, 9.17) is 0 Å². The van der Waals surface area contributed by atoms with Crippen molar-refractivity contribution in [3.8, 4) is 0 Å². The highest BCUT2D eigenvalue weighted by Gasteiger charge is 2.14. The van der Waals surface area contributed by atoms with Gasteiger partial charge in [0.25, 0.3) is 0 Å². The van der Waals surface area contributed by atoms with Gasteiger partial charge in [-0.25, -0.2) is 0 Å². The van der Waals surface area contributed by atoms with E-state index in [-0.39, 0.29) is 0 Å². The second kappa shape index (κ2) is 6.95. The van der Waals surface area contributed by atoms with Gasteiger partial charge in [-0.3, -0.25) is 0 Å². The molecule has 0 spiro atoms. The second-order valence-electron chi connectivity index (χ2n) is 5.16. The summed E-state index contributed by atoms with van der Waals surface area (Å²) in [6.07, 6.45) is 1.93. The number of hydrogen-bond donors (Lipinski definition) is 1. The molecule has 108 valence electrons. The molecule has 4 heteroatoms. The minimum absolute atomic E-state index is 0.338. The molecular formula is C16H23N3S. The largest absolute Gasteiger partial charge is 0.308 e. The lowest BCUT2D eigenvalue weighted by molar-refractivity contribution is 0.531. The van der Waals surface area contributed by atoms with Crippen LogP contribution in [0.3, 0.4) is 0 Å². The quantitative estimate of drug-likeness (QED) is 0.879. The van der Waals surface area contributed by atoms with Crippen molar-refractivity contribution in [2.75, 3.05) is 6.54 Å². The van der Waals surface area contributed by atoms with Gasteiger partial charge in [0.15, 0.2) is 0 Å². The molecular weight excluding hydrogens is 266 g/mol. The number of nitrogens with zero attached hydrogens (tertiary/aromatic N) is 2. The first-order valence-electron chi connectivity index (χ1n) is 7.25. The summed E-state index contributed by atoms with van der Waals surface area (Å²) in [6, 6.07) is 6.92. The SMILES string of the molecule is CCNC(CC)c1nnc(Cc2cc(C)ccc2C)s1. The third-order valence-electron chi connectivity index (χ3n) is 3.49. The fraction of sp³-hybridized carbons (Fsp3) is 0.500. The van der Waals surface area contributed by atoms with Crippen molar-refractivity contribution in [2.24, 2.45) is 0 Å². The van der Waals surface area contributed by atoms with E-state index in [2.05, 4.69) is 61.4 Å². The Morgan fingerprint density at radius 1 is 1.20 bits per heavy atom. The molecule has 1 aromatic heterocycles. The Kier molecular flexibility index (Phi) is 5.26. The zero-order valence-corrected chi connectivity index (χ0v) is 13.5. The lowest BCUT2D eigenvalue weighted by Crippen LogP contribution is -2.19. The minimum Gasteiger partial charge on any atom is -0.308 e. The first kappa shape index (κ1) is 15.1. The smallest absolute Gasteiger partial charge is 0.134 e. The highest BCUT2D eigenvalue weighted by Crippen LogP contribution is 2.23. The minimum atomic E-state index is 0.338. The standard InChI is InChI=1S/C16H23N3S/c1-5-14(17-6-2)16-19-18-15(20-16)10-13-9-11(3)7-8-12(13)4/h7-9,14,17H,5-6,10H2,1-4H3. The van der Waals surface area contributed by atoms with Crippen molar-refractivity contribution in [1.29, 1.82) is 0 Å². The average Bonchev–Trinajstić information content (AvgIpc) is 2.88. The molecule has 0 radical (unpaired) electrons. The van der Waals surface area contributed by atoms with E-state index in [9.17, 15) is 0 Å². The first-order valence-corrected chi connectivity index (χ1v) is 8.07. The molecule has 0 saturated heterocycles. The first-order chi connectivity index (χ1) is 9.63. The van der Waals surface area contributed by atoms with Crippen molar-refractivity contribution in [3.63, 3.8) is 0 Å². The summed E-state index contributed by atoms with van der Waals surface area (Å²) in [6.45, 7) is 9.56. The van der Waals surface area contributed by atoms with E-state index in [1.807, 2.05) is 0 Å². The highest BCUT2D eigenvalue weighted by atomic mass is 32.1. The van der Waals surface area contributed by atoms with Crippen molar-refractivity contribution < 1.29 is 0 Å². The Morgan fingerprint density at radius 3 is 2.70 bits per heavy atom. The van der Waals surface area contributed by atoms with Crippen LogP contribution >= 0.6 is 11.3 Å². The number of rotatable bonds is 6. The third kappa shape index (κ3) is 3.64. The number of aryl methyl sites for hydroxylation is 2. The van der Waals surface area contributed by atoms with E-state index in [1.165, 1.54) is 16.7 Å². The van der Waals surface area contributed by atoms with Crippen molar-refractivity contribution in [1.82, 2.24) is 15.5 Å². The van der Waals surface area contributed by atoms with E-state index >= 15 is 0 Å². The Balaban J connectivity index is 2.14. The van der Waals surface area contributed by atoms with Gasteiger partial charge in [0.2, 0.25) is 0 Å². The average molecular weight is 289 g/mol. The van der Waals surface area contributed by atoms with Gasteiger partial charge in [-0.1, -0.05) is 48.9 Å². The maximum absolute atomic E-state index is 4.36. The molecule has 1 N–H and O–H groups in total. The number of benzene rings is 1. The predicted octanol–water partition coefficient (Wildman–Crippen LogP) is 3.81. The molecule has 0 aliphatic carbocycles. The van der Waals surface area contributed by atoms with Crippen LogP contribution in [0.5, 0.6) is 0 Å². The van der Waals surface area contributed by atoms with Crippen LogP contribution in [0.1, 0.15) is 53.0 Å². The summed E-state index contributed by atoms with van der Waals surface area (Å²) in [4.78, 5) is 0. The lowest BCUT2D eigenvalue weighted by atomic mass is 10.0. The van der Waals surface area contributed by atoms with Gasteiger partial charge >= 0.3 is 0 Å². The zero-order chi connectivity index (χ0) is 14.5. The summed E-state index contributed by atoms with van der Waals surface area (Å²) < 4.78 is 0. The zero-order valence-electron chi connectivity index (χ0n) is 12.7. The van der Waals surface area contributed by atoms with E-state index in [0.717, 1.165) is 29.4 Å².